The van der Waals surface area contributed by atoms with Crippen LogP contribution in [0.1, 0.15) is 35.9 Å². The van der Waals surface area contributed by atoms with Crippen molar-refractivity contribution >= 4 is 11.6 Å². The van der Waals surface area contributed by atoms with E-state index in [0.29, 0.717) is 0 Å². The molecule has 13 heavy (non-hydrogen) atoms. The van der Waals surface area contributed by atoms with Gasteiger partial charge in [0.1, 0.15) is 0 Å². The molecule has 1 aromatic carbocycles. The normalized spacial score (nSPS) is 22.8. The summed E-state index contributed by atoms with van der Waals surface area (Å²) in [6, 6.07) is 6.53. The third-order valence-corrected chi connectivity index (χ3v) is 3.09. The molecule has 2 rings (SSSR count). The Bertz CT molecular complexity index is 315. The Labute approximate surface area is 84.9 Å². The number of hydrogen-bond acceptors (Lipinski definition) is 0. The van der Waals surface area contributed by atoms with Gasteiger partial charge in [-0.2, -0.15) is 0 Å². The summed E-state index contributed by atoms with van der Waals surface area (Å²) in [7, 11) is 0. The zero-order valence-electron chi connectivity index (χ0n) is 8.18. The van der Waals surface area contributed by atoms with Gasteiger partial charge in [0.05, 0.1) is 5.38 Å². The predicted octanol–water partition coefficient (Wildman–Crippen LogP) is 3.72. The molecule has 0 heterocycles. The maximum absolute atomic E-state index is 6.13. The summed E-state index contributed by atoms with van der Waals surface area (Å²) in [4.78, 5) is 0. The maximum Gasteiger partial charge on any atom is 0.0559 e. The molecule has 0 amide bonds. The summed E-state index contributed by atoms with van der Waals surface area (Å²) in [6.07, 6.45) is 2.44. The lowest BCUT2D eigenvalue weighted by molar-refractivity contribution is 0.626. The second-order valence-corrected chi connectivity index (χ2v) is 4.77. The van der Waals surface area contributed by atoms with E-state index in [1.807, 2.05) is 0 Å². The largest absolute Gasteiger partial charge is 0.118 e. The van der Waals surface area contributed by atoms with Crippen LogP contribution in [0.15, 0.2) is 18.2 Å². The molecule has 2 atom stereocenters. The summed E-state index contributed by atoms with van der Waals surface area (Å²) in [5, 5.41) is 0.153. The highest BCUT2D eigenvalue weighted by molar-refractivity contribution is 6.20. The van der Waals surface area contributed by atoms with Crippen molar-refractivity contribution in [3.8, 4) is 0 Å². The maximum atomic E-state index is 6.13. The van der Waals surface area contributed by atoms with Crippen LogP contribution >= 0.6 is 11.6 Å². The molecule has 2 unspecified atom stereocenters. The van der Waals surface area contributed by atoms with Crippen LogP contribution in [-0.4, -0.2) is 0 Å². The highest BCUT2D eigenvalue weighted by Crippen LogP contribution is 2.33. The molecule has 1 aliphatic rings. The zero-order chi connectivity index (χ0) is 9.42. The van der Waals surface area contributed by atoms with Crippen LogP contribution in [0.4, 0.5) is 0 Å². The molecule has 0 aromatic heterocycles. The fourth-order valence-electron chi connectivity index (χ4n) is 2.26. The number of hydrogen-bond donors (Lipinski definition) is 0. The Kier molecular flexibility index (Phi) is 2.33. The fourth-order valence-corrected chi connectivity index (χ4v) is 2.47. The van der Waals surface area contributed by atoms with Gasteiger partial charge in [0.25, 0.3) is 0 Å². The average molecular weight is 195 g/mol. The molecule has 1 heteroatoms. The lowest BCUT2D eigenvalue weighted by atomic mass is 10.0. The Balaban J connectivity index is 2.45. The molecule has 70 valence electrons. The minimum Gasteiger partial charge on any atom is -0.118 e. The number of alkyl halides is 1. The SMILES string of the molecule is CC1Cc2cccc(C(C)Cl)c2C1. The van der Waals surface area contributed by atoms with Crippen molar-refractivity contribution in [2.45, 2.75) is 32.1 Å². The minimum absolute atomic E-state index is 0.153. The van der Waals surface area contributed by atoms with Gasteiger partial charge in [-0.05, 0) is 42.4 Å². The number of benzene rings is 1. The third kappa shape index (κ3) is 1.60. The number of rotatable bonds is 1. The van der Waals surface area contributed by atoms with E-state index in [0.717, 1.165) is 5.92 Å². The quantitative estimate of drug-likeness (QED) is 0.598. The van der Waals surface area contributed by atoms with Gasteiger partial charge < -0.3 is 0 Å². The molecular weight excluding hydrogens is 180 g/mol. The van der Waals surface area contributed by atoms with Crippen LogP contribution in [0.25, 0.3) is 0 Å². The van der Waals surface area contributed by atoms with Crippen LogP contribution in [0.3, 0.4) is 0 Å². The summed E-state index contributed by atoms with van der Waals surface area (Å²) in [6.45, 7) is 4.36. The Hall–Kier alpha value is -0.490. The van der Waals surface area contributed by atoms with Crippen molar-refractivity contribution in [3.63, 3.8) is 0 Å². The molecule has 0 N–H and O–H groups in total. The average Bonchev–Trinajstić information content (AvgIpc) is 2.43. The van der Waals surface area contributed by atoms with Gasteiger partial charge in [0, 0.05) is 0 Å². The number of halogens is 1. The Morgan fingerprint density at radius 2 is 2.15 bits per heavy atom. The monoisotopic (exact) mass is 194 g/mol. The molecule has 0 saturated heterocycles. The van der Waals surface area contributed by atoms with Gasteiger partial charge in [-0.15, -0.1) is 11.6 Å². The van der Waals surface area contributed by atoms with Gasteiger partial charge in [-0.1, -0.05) is 25.1 Å². The van der Waals surface area contributed by atoms with Gasteiger partial charge >= 0.3 is 0 Å². The van der Waals surface area contributed by atoms with E-state index < -0.39 is 0 Å². The molecule has 1 aromatic rings. The molecule has 0 radical (unpaired) electrons. The highest BCUT2D eigenvalue weighted by Gasteiger charge is 2.21. The molecule has 1 aliphatic carbocycles. The van der Waals surface area contributed by atoms with Gasteiger partial charge in [0.2, 0.25) is 0 Å². The van der Waals surface area contributed by atoms with Crippen LogP contribution in [0.2, 0.25) is 0 Å². The van der Waals surface area contributed by atoms with Crippen molar-refractivity contribution in [2.75, 3.05) is 0 Å². The first-order chi connectivity index (χ1) is 6.18. The molecular formula is C12H15Cl. The molecule has 0 fully saturated rings. The first kappa shape index (κ1) is 9.08. The number of fused-ring (bicyclic) bond motifs is 1. The molecule has 0 aliphatic heterocycles. The first-order valence-corrected chi connectivity index (χ1v) is 5.37. The lowest BCUT2D eigenvalue weighted by Gasteiger charge is -2.09. The lowest BCUT2D eigenvalue weighted by Crippen LogP contribution is -1.94. The van der Waals surface area contributed by atoms with E-state index >= 15 is 0 Å². The van der Waals surface area contributed by atoms with Crippen molar-refractivity contribution in [1.82, 2.24) is 0 Å². The summed E-state index contributed by atoms with van der Waals surface area (Å²) < 4.78 is 0. The Morgan fingerprint density at radius 3 is 2.85 bits per heavy atom. The van der Waals surface area contributed by atoms with Crippen molar-refractivity contribution in [2.24, 2.45) is 5.92 Å². The summed E-state index contributed by atoms with van der Waals surface area (Å²) in [5.74, 6) is 0.798. The van der Waals surface area contributed by atoms with Crippen LogP contribution in [0.5, 0.6) is 0 Å². The standard InChI is InChI=1S/C12H15Cl/c1-8-6-10-4-3-5-11(9(2)13)12(10)7-8/h3-5,8-9H,6-7H2,1-2H3. The Morgan fingerprint density at radius 1 is 1.38 bits per heavy atom. The topological polar surface area (TPSA) is 0 Å². The van der Waals surface area contributed by atoms with Crippen LogP contribution in [-0.2, 0) is 12.8 Å². The van der Waals surface area contributed by atoms with E-state index in [2.05, 4.69) is 32.0 Å². The zero-order valence-corrected chi connectivity index (χ0v) is 8.93. The second-order valence-electron chi connectivity index (χ2n) is 4.11. The third-order valence-electron chi connectivity index (χ3n) is 2.86. The highest BCUT2D eigenvalue weighted by atomic mass is 35.5. The van der Waals surface area contributed by atoms with Gasteiger partial charge in [-0.25, -0.2) is 0 Å². The summed E-state index contributed by atoms with van der Waals surface area (Å²) in [5.41, 5.74) is 4.36. The predicted molar refractivity (Wildman–Crippen MR) is 57.3 cm³/mol. The molecule has 0 saturated carbocycles. The van der Waals surface area contributed by atoms with E-state index in [1.165, 1.54) is 29.5 Å². The second kappa shape index (κ2) is 3.34. The van der Waals surface area contributed by atoms with E-state index in [1.54, 1.807) is 0 Å². The van der Waals surface area contributed by atoms with E-state index in [4.69, 9.17) is 11.6 Å². The first-order valence-electron chi connectivity index (χ1n) is 4.93. The summed E-state index contributed by atoms with van der Waals surface area (Å²) >= 11 is 6.13. The van der Waals surface area contributed by atoms with E-state index in [-0.39, 0.29) is 5.38 Å². The smallest absolute Gasteiger partial charge is 0.0559 e. The van der Waals surface area contributed by atoms with Crippen molar-refractivity contribution in [3.05, 3.63) is 34.9 Å². The van der Waals surface area contributed by atoms with Crippen molar-refractivity contribution in [1.29, 1.82) is 0 Å². The minimum atomic E-state index is 0.153. The van der Waals surface area contributed by atoms with Crippen molar-refractivity contribution < 1.29 is 0 Å². The fraction of sp³-hybridized carbons (Fsp3) is 0.500. The molecule has 0 bridgehead atoms. The molecule has 0 nitrogen and oxygen atoms in total. The van der Waals surface area contributed by atoms with E-state index in [9.17, 15) is 0 Å². The van der Waals surface area contributed by atoms with Gasteiger partial charge in [-0.3, -0.25) is 0 Å². The van der Waals surface area contributed by atoms with Gasteiger partial charge in [0.15, 0.2) is 0 Å². The van der Waals surface area contributed by atoms with Crippen LogP contribution in [0, 0.1) is 5.92 Å². The van der Waals surface area contributed by atoms with Crippen LogP contribution < -0.4 is 0 Å². The molecule has 0 spiro atoms.